The minimum Gasteiger partial charge on any atom is -0.352 e. The van der Waals surface area contributed by atoms with Gasteiger partial charge in [0.25, 0.3) is 0 Å². The molecular formula is C9H14N4O2Si. The summed E-state index contributed by atoms with van der Waals surface area (Å²) < 4.78 is 0. The fourth-order valence-corrected chi connectivity index (χ4v) is 2.03. The van der Waals surface area contributed by atoms with Crippen LogP contribution in [0.2, 0.25) is 0 Å². The highest BCUT2D eigenvalue weighted by molar-refractivity contribution is 6.33. The Balaban J connectivity index is 2.96. The first-order valence-corrected chi connectivity index (χ1v) is 5.68. The minimum atomic E-state index is -0.719. The van der Waals surface area contributed by atoms with Crippen molar-refractivity contribution in [3.05, 3.63) is 29.8 Å². The maximum Gasteiger partial charge on any atom is 0.314 e. The Kier molecular flexibility index (Phi) is 3.89. The van der Waals surface area contributed by atoms with Gasteiger partial charge in [-0.3, -0.25) is 0 Å². The number of nitrogens with one attached hydrogen (secondary N) is 2. The van der Waals surface area contributed by atoms with Gasteiger partial charge >= 0.3 is 12.1 Å². The Bertz CT molecular complexity index is 394. The van der Waals surface area contributed by atoms with Gasteiger partial charge in [0.05, 0.1) is 0 Å². The third kappa shape index (κ3) is 3.28. The van der Waals surface area contributed by atoms with Gasteiger partial charge in [-0.1, -0.05) is 29.5 Å². The van der Waals surface area contributed by atoms with Crippen LogP contribution < -0.4 is 27.3 Å². The van der Waals surface area contributed by atoms with Gasteiger partial charge in [0.2, 0.25) is 0 Å². The van der Waals surface area contributed by atoms with Crippen molar-refractivity contribution in [2.24, 2.45) is 11.5 Å². The first-order valence-electron chi connectivity index (χ1n) is 4.68. The second-order valence-corrected chi connectivity index (χ2v) is 4.38. The number of carbonyl (C=O) groups excluding carboxylic acids is 2. The van der Waals surface area contributed by atoms with Gasteiger partial charge in [-0.2, -0.15) is 0 Å². The normalized spacial score (nSPS) is 10.1. The van der Waals surface area contributed by atoms with Crippen LogP contribution in [0.1, 0.15) is 11.7 Å². The molecule has 0 spiro atoms. The van der Waals surface area contributed by atoms with Crippen molar-refractivity contribution in [3.63, 3.8) is 0 Å². The van der Waals surface area contributed by atoms with E-state index < -0.39 is 18.2 Å². The lowest BCUT2D eigenvalue weighted by molar-refractivity contribution is 0.235. The summed E-state index contributed by atoms with van der Waals surface area (Å²) >= 11 is 0. The molecule has 0 bridgehead atoms. The SMILES string of the molecule is NC(=O)NC(NC(N)=O)c1ccccc1[SiH3]. The molecule has 1 aromatic carbocycles. The first kappa shape index (κ1) is 12.0. The van der Waals surface area contributed by atoms with Crippen molar-refractivity contribution in [2.75, 3.05) is 0 Å². The van der Waals surface area contributed by atoms with E-state index in [0.717, 1.165) is 21.0 Å². The molecule has 86 valence electrons. The van der Waals surface area contributed by atoms with Crippen molar-refractivity contribution in [1.29, 1.82) is 0 Å². The molecule has 0 heterocycles. The summed E-state index contributed by atoms with van der Waals surface area (Å²) in [5.74, 6) is 0. The standard InChI is InChI=1S/C9H14N4O2Si/c10-8(14)12-7(13-9(11)15)5-3-1-2-4-6(5)16/h1-4,7H,16H3,(H3,10,12,14)(H3,11,13,15). The van der Waals surface area contributed by atoms with E-state index in [1.807, 2.05) is 18.2 Å². The van der Waals surface area contributed by atoms with Crippen LogP contribution in [0.15, 0.2) is 24.3 Å². The Hall–Kier alpha value is -2.02. The zero-order valence-corrected chi connectivity index (χ0v) is 10.9. The lowest BCUT2D eigenvalue weighted by Gasteiger charge is -2.20. The lowest BCUT2D eigenvalue weighted by atomic mass is 10.1. The van der Waals surface area contributed by atoms with E-state index >= 15 is 0 Å². The summed E-state index contributed by atoms with van der Waals surface area (Å²) in [4.78, 5) is 21.6. The van der Waals surface area contributed by atoms with Gasteiger partial charge in [0, 0.05) is 10.2 Å². The zero-order valence-electron chi connectivity index (χ0n) is 8.86. The Morgan fingerprint density at radius 2 is 1.62 bits per heavy atom. The van der Waals surface area contributed by atoms with Crippen molar-refractivity contribution in [3.8, 4) is 0 Å². The Morgan fingerprint density at radius 1 is 1.12 bits per heavy atom. The van der Waals surface area contributed by atoms with E-state index in [1.54, 1.807) is 6.07 Å². The molecule has 0 atom stereocenters. The number of carbonyl (C=O) groups is 2. The van der Waals surface area contributed by atoms with Crippen LogP contribution in [0.3, 0.4) is 0 Å². The van der Waals surface area contributed by atoms with Crippen LogP contribution in [0, 0.1) is 0 Å². The highest BCUT2D eigenvalue weighted by atomic mass is 28.1. The second-order valence-electron chi connectivity index (χ2n) is 3.31. The average molecular weight is 238 g/mol. The molecule has 0 aliphatic carbocycles. The monoisotopic (exact) mass is 238 g/mol. The quantitative estimate of drug-likeness (QED) is 0.361. The van der Waals surface area contributed by atoms with Gasteiger partial charge < -0.3 is 22.1 Å². The predicted octanol–water partition coefficient (Wildman–Crippen LogP) is -1.99. The molecule has 1 rings (SSSR count). The van der Waals surface area contributed by atoms with E-state index in [4.69, 9.17) is 11.5 Å². The van der Waals surface area contributed by atoms with Crippen molar-refractivity contribution < 1.29 is 9.59 Å². The van der Waals surface area contributed by atoms with Gasteiger partial charge in [-0.25, -0.2) is 9.59 Å². The third-order valence-corrected chi connectivity index (χ3v) is 2.98. The van der Waals surface area contributed by atoms with E-state index in [-0.39, 0.29) is 0 Å². The first-order chi connectivity index (χ1) is 7.50. The van der Waals surface area contributed by atoms with Crippen molar-refractivity contribution >= 4 is 27.5 Å². The molecule has 0 saturated carbocycles. The van der Waals surface area contributed by atoms with Gasteiger partial charge in [-0.05, 0) is 5.56 Å². The number of urea groups is 2. The molecule has 0 aliphatic rings. The molecule has 1 aromatic rings. The van der Waals surface area contributed by atoms with Crippen LogP contribution in [-0.4, -0.2) is 22.3 Å². The predicted molar refractivity (Wildman–Crippen MR) is 64.2 cm³/mol. The topological polar surface area (TPSA) is 110 Å². The van der Waals surface area contributed by atoms with Crippen LogP contribution in [0.5, 0.6) is 0 Å². The number of hydrogen-bond donors (Lipinski definition) is 4. The molecule has 16 heavy (non-hydrogen) atoms. The number of nitrogens with two attached hydrogens (primary N) is 2. The highest BCUT2D eigenvalue weighted by Gasteiger charge is 2.15. The summed E-state index contributed by atoms with van der Waals surface area (Å²) in [6.07, 6.45) is -0.677. The largest absolute Gasteiger partial charge is 0.352 e. The number of primary amides is 2. The van der Waals surface area contributed by atoms with Gasteiger partial charge in [0.15, 0.2) is 0 Å². The van der Waals surface area contributed by atoms with E-state index in [0.29, 0.717) is 0 Å². The molecule has 0 saturated heterocycles. The van der Waals surface area contributed by atoms with E-state index in [1.165, 1.54) is 0 Å². The molecule has 0 aliphatic heterocycles. The summed E-state index contributed by atoms with van der Waals surface area (Å²) in [6.45, 7) is 0. The minimum absolute atomic E-state index is 0.677. The average Bonchev–Trinajstić information content (AvgIpc) is 2.15. The van der Waals surface area contributed by atoms with Crippen LogP contribution in [0.25, 0.3) is 0 Å². The fourth-order valence-electron chi connectivity index (χ4n) is 1.39. The molecule has 0 aromatic heterocycles. The fraction of sp³-hybridized carbons (Fsp3) is 0.111. The summed E-state index contributed by atoms with van der Waals surface area (Å²) in [5.41, 5.74) is 10.8. The maximum absolute atomic E-state index is 10.8. The summed E-state index contributed by atoms with van der Waals surface area (Å²) in [5, 5.41) is 5.89. The second kappa shape index (κ2) is 5.17. The molecule has 0 radical (unpaired) electrons. The van der Waals surface area contributed by atoms with Gasteiger partial charge in [-0.15, -0.1) is 0 Å². The zero-order chi connectivity index (χ0) is 12.1. The number of amides is 4. The molecule has 0 fully saturated rings. The number of rotatable bonds is 3. The molecule has 7 heteroatoms. The number of benzene rings is 1. The molecular weight excluding hydrogens is 224 g/mol. The summed E-state index contributed by atoms with van der Waals surface area (Å²) in [7, 11) is 0.790. The lowest BCUT2D eigenvalue weighted by Crippen LogP contribution is -2.46. The van der Waals surface area contributed by atoms with Crippen LogP contribution in [0.4, 0.5) is 9.59 Å². The molecule has 4 amide bonds. The molecule has 6 N–H and O–H groups in total. The third-order valence-electron chi connectivity index (χ3n) is 2.07. The molecule has 0 unspecified atom stereocenters. The molecule has 6 nitrogen and oxygen atoms in total. The van der Waals surface area contributed by atoms with Crippen molar-refractivity contribution in [2.45, 2.75) is 6.17 Å². The van der Waals surface area contributed by atoms with Crippen LogP contribution >= 0.6 is 0 Å². The Morgan fingerprint density at radius 3 is 2.06 bits per heavy atom. The Labute approximate surface area is 95.8 Å². The van der Waals surface area contributed by atoms with Crippen molar-refractivity contribution in [1.82, 2.24) is 10.6 Å². The van der Waals surface area contributed by atoms with E-state index in [2.05, 4.69) is 10.6 Å². The van der Waals surface area contributed by atoms with E-state index in [9.17, 15) is 9.59 Å². The smallest absolute Gasteiger partial charge is 0.314 e. The van der Waals surface area contributed by atoms with Gasteiger partial charge in [0.1, 0.15) is 6.17 Å². The highest BCUT2D eigenvalue weighted by Crippen LogP contribution is 2.05. The maximum atomic E-state index is 10.8. The van der Waals surface area contributed by atoms with Crippen LogP contribution in [-0.2, 0) is 0 Å². The summed E-state index contributed by atoms with van der Waals surface area (Å²) in [6, 6.07) is 5.98. The number of hydrogen-bond acceptors (Lipinski definition) is 2.